The monoisotopic (exact) mass is 444 g/mol. The lowest BCUT2D eigenvalue weighted by molar-refractivity contribution is -0.116. The molecule has 3 aromatic carbocycles. The first-order valence-corrected chi connectivity index (χ1v) is 12.1. The number of benzene rings is 3. The maximum atomic E-state index is 13.1. The van der Waals surface area contributed by atoms with E-state index < -0.39 is 9.84 Å². The number of hydrogen-bond acceptors (Lipinski definition) is 5. The molecule has 0 N–H and O–H groups in total. The van der Waals surface area contributed by atoms with E-state index in [0.717, 1.165) is 22.2 Å². The predicted molar refractivity (Wildman–Crippen MR) is 125 cm³/mol. The molecule has 32 heavy (non-hydrogen) atoms. The number of aryl methyl sites for hydroxylation is 1. The van der Waals surface area contributed by atoms with Crippen molar-refractivity contribution < 1.29 is 13.2 Å². The molecule has 0 aliphatic heterocycles. The number of carbonyl (C=O) groups is 1. The van der Waals surface area contributed by atoms with Crippen LogP contribution in [0.5, 0.6) is 0 Å². The van der Waals surface area contributed by atoms with E-state index in [1.807, 2.05) is 55.5 Å². The van der Waals surface area contributed by atoms with E-state index in [2.05, 4.69) is 4.98 Å². The van der Waals surface area contributed by atoms with Gasteiger partial charge in [-0.2, -0.15) is 0 Å². The molecule has 4 aromatic rings. The summed E-state index contributed by atoms with van der Waals surface area (Å²) in [4.78, 5) is 21.0. The Labute approximate surface area is 188 Å². The molecule has 0 aliphatic carbocycles. The van der Waals surface area contributed by atoms with Crippen LogP contribution in [-0.2, 0) is 33.2 Å². The third-order valence-corrected chi connectivity index (χ3v) is 6.92. The summed E-state index contributed by atoms with van der Waals surface area (Å²) in [5.74, 6) is -0.104. The van der Waals surface area contributed by atoms with Crippen LogP contribution in [0.15, 0.2) is 77.7 Å². The highest BCUT2D eigenvalue weighted by Gasteiger charge is 2.20. The summed E-state index contributed by atoms with van der Waals surface area (Å²) >= 11 is 0. The van der Waals surface area contributed by atoms with Crippen LogP contribution in [0, 0.1) is 6.92 Å². The summed E-state index contributed by atoms with van der Waals surface area (Å²) in [5, 5.41) is 0. The van der Waals surface area contributed by atoms with Crippen molar-refractivity contribution in [3.05, 3.63) is 101 Å². The minimum absolute atomic E-state index is 0.113. The molecular formula is C26H24N2O3S. The lowest BCUT2D eigenvalue weighted by atomic mass is 10.0. The molecule has 0 radical (unpaired) electrons. The standard InChI is InChI=1S/C26H24N2O3S/c1-18-7-13-22(14-8-18)32(30,31)17-26-25(27-23-5-3-4-6-24(23)28-26)16-21-11-9-20(10-12-21)15-19(2)29/h3-14H,15-17H2,1-2H3. The fourth-order valence-electron chi connectivity index (χ4n) is 3.59. The highest BCUT2D eigenvalue weighted by molar-refractivity contribution is 7.90. The summed E-state index contributed by atoms with van der Waals surface area (Å²) in [7, 11) is -3.57. The Hall–Kier alpha value is -3.38. The number of fused-ring (bicyclic) bond motifs is 1. The van der Waals surface area contributed by atoms with Crippen molar-refractivity contribution >= 4 is 26.7 Å². The first-order valence-electron chi connectivity index (χ1n) is 10.4. The predicted octanol–water partition coefficient (Wildman–Crippen LogP) is 4.63. The van der Waals surface area contributed by atoms with Crippen molar-refractivity contribution in [2.75, 3.05) is 0 Å². The SMILES string of the molecule is CC(=O)Cc1ccc(Cc2nc3ccccc3nc2CS(=O)(=O)c2ccc(C)cc2)cc1. The average molecular weight is 445 g/mol. The maximum Gasteiger partial charge on any atom is 0.184 e. The maximum absolute atomic E-state index is 13.1. The van der Waals surface area contributed by atoms with Crippen molar-refractivity contribution in [2.45, 2.75) is 37.3 Å². The molecule has 0 aliphatic rings. The molecule has 0 fully saturated rings. The van der Waals surface area contributed by atoms with Gasteiger partial charge in [-0.25, -0.2) is 18.4 Å². The minimum Gasteiger partial charge on any atom is -0.300 e. The van der Waals surface area contributed by atoms with E-state index in [9.17, 15) is 13.2 Å². The Bertz CT molecular complexity index is 1380. The van der Waals surface area contributed by atoms with Gasteiger partial charge in [-0.3, -0.25) is 4.79 Å². The number of aromatic nitrogens is 2. The highest BCUT2D eigenvalue weighted by atomic mass is 32.2. The minimum atomic E-state index is -3.57. The average Bonchev–Trinajstić information content (AvgIpc) is 2.75. The largest absolute Gasteiger partial charge is 0.300 e. The number of sulfone groups is 1. The zero-order valence-electron chi connectivity index (χ0n) is 18.1. The fraction of sp³-hybridized carbons (Fsp3) is 0.192. The van der Waals surface area contributed by atoms with Crippen molar-refractivity contribution in [1.82, 2.24) is 9.97 Å². The van der Waals surface area contributed by atoms with Gasteiger partial charge in [-0.15, -0.1) is 0 Å². The summed E-state index contributed by atoms with van der Waals surface area (Å²) in [5.41, 5.74) is 5.43. The van der Waals surface area contributed by atoms with E-state index in [1.54, 1.807) is 31.2 Å². The second kappa shape index (κ2) is 9.01. The second-order valence-corrected chi connectivity index (χ2v) is 10.0. The molecule has 0 saturated heterocycles. The van der Waals surface area contributed by atoms with Gasteiger partial charge in [-0.05, 0) is 49.2 Å². The Morgan fingerprint density at radius 2 is 1.34 bits per heavy atom. The van der Waals surface area contributed by atoms with Crippen molar-refractivity contribution in [1.29, 1.82) is 0 Å². The van der Waals surface area contributed by atoms with E-state index in [1.165, 1.54) is 0 Å². The van der Waals surface area contributed by atoms with Gasteiger partial charge in [0.25, 0.3) is 0 Å². The van der Waals surface area contributed by atoms with Crippen molar-refractivity contribution in [2.24, 2.45) is 0 Å². The van der Waals surface area contributed by atoms with Gasteiger partial charge in [0.1, 0.15) is 5.78 Å². The first-order chi connectivity index (χ1) is 15.3. The zero-order chi connectivity index (χ0) is 22.7. The molecule has 1 aromatic heterocycles. The first kappa shape index (κ1) is 21.8. The van der Waals surface area contributed by atoms with Gasteiger partial charge >= 0.3 is 0 Å². The summed E-state index contributed by atoms with van der Waals surface area (Å²) in [6, 6.07) is 22.1. The molecule has 0 amide bonds. The number of Topliss-reactive ketones (excluding diaryl/α,β-unsaturated/α-hetero) is 1. The van der Waals surface area contributed by atoms with Gasteiger partial charge in [0.15, 0.2) is 9.84 Å². The lowest BCUT2D eigenvalue weighted by Gasteiger charge is -2.11. The van der Waals surface area contributed by atoms with E-state index in [0.29, 0.717) is 29.7 Å². The summed E-state index contributed by atoms with van der Waals surface area (Å²) in [6.07, 6.45) is 0.854. The number of nitrogens with zero attached hydrogens (tertiary/aromatic N) is 2. The van der Waals surface area contributed by atoms with Crippen LogP contribution < -0.4 is 0 Å². The number of hydrogen-bond donors (Lipinski definition) is 0. The third-order valence-electron chi connectivity index (χ3n) is 5.28. The van der Waals surface area contributed by atoms with Crippen LogP contribution in [0.1, 0.15) is 35.0 Å². The lowest BCUT2D eigenvalue weighted by Crippen LogP contribution is -2.11. The second-order valence-electron chi connectivity index (χ2n) is 8.05. The molecule has 0 spiro atoms. The highest BCUT2D eigenvalue weighted by Crippen LogP contribution is 2.22. The van der Waals surface area contributed by atoms with Crippen molar-refractivity contribution in [3.63, 3.8) is 0 Å². The molecule has 4 rings (SSSR count). The Morgan fingerprint density at radius 3 is 1.94 bits per heavy atom. The number of rotatable bonds is 7. The third kappa shape index (κ3) is 5.08. The number of carbonyl (C=O) groups excluding carboxylic acids is 1. The Balaban J connectivity index is 1.70. The molecular weight excluding hydrogens is 420 g/mol. The molecule has 0 unspecified atom stereocenters. The van der Waals surface area contributed by atoms with Crippen LogP contribution in [0.3, 0.4) is 0 Å². The normalized spacial score (nSPS) is 11.6. The van der Waals surface area contributed by atoms with Gasteiger partial charge in [0.05, 0.1) is 33.1 Å². The Morgan fingerprint density at radius 1 is 0.781 bits per heavy atom. The summed E-state index contributed by atoms with van der Waals surface area (Å²) in [6.45, 7) is 3.49. The van der Waals surface area contributed by atoms with Crippen LogP contribution in [0.25, 0.3) is 11.0 Å². The molecule has 6 heteroatoms. The van der Waals surface area contributed by atoms with Gasteiger partial charge in [0, 0.05) is 12.8 Å². The van der Waals surface area contributed by atoms with Gasteiger partial charge < -0.3 is 0 Å². The molecule has 0 saturated carbocycles. The molecule has 162 valence electrons. The van der Waals surface area contributed by atoms with Gasteiger partial charge in [-0.1, -0.05) is 54.1 Å². The Kier molecular flexibility index (Phi) is 6.15. The van der Waals surface area contributed by atoms with Crippen LogP contribution in [0.2, 0.25) is 0 Å². The smallest absolute Gasteiger partial charge is 0.184 e. The number of para-hydroxylation sites is 2. The van der Waals surface area contributed by atoms with E-state index in [-0.39, 0.29) is 16.4 Å². The molecule has 1 heterocycles. The van der Waals surface area contributed by atoms with E-state index in [4.69, 9.17) is 4.98 Å². The topological polar surface area (TPSA) is 77.0 Å². The van der Waals surface area contributed by atoms with E-state index >= 15 is 0 Å². The quantitative estimate of drug-likeness (QED) is 0.415. The van der Waals surface area contributed by atoms with Gasteiger partial charge in [0.2, 0.25) is 0 Å². The zero-order valence-corrected chi connectivity index (χ0v) is 18.9. The number of ketones is 1. The summed E-state index contributed by atoms with van der Waals surface area (Å²) < 4.78 is 26.2. The molecule has 5 nitrogen and oxygen atoms in total. The molecule has 0 atom stereocenters. The van der Waals surface area contributed by atoms with Crippen LogP contribution in [0.4, 0.5) is 0 Å². The fourth-order valence-corrected chi connectivity index (χ4v) is 4.90. The van der Waals surface area contributed by atoms with Crippen LogP contribution in [-0.4, -0.2) is 24.2 Å². The van der Waals surface area contributed by atoms with Crippen molar-refractivity contribution in [3.8, 4) is 0 Å². The van der Waals surface area contributed by atoms with Crippen LogP contribution >= 0.6 is 0 Å². The molecule has 0 bridgehead atoms.